The molecule has 0 aliphatic carbocycles. The van der Waals surface area contributed by atoms with Gasteiger partial charge in [0, 0.05) is 18.2 Å². The van der Waals surface area contributed by atoms with Gasteiger partial charge in [0.15, 0.2) is 11.5 Å². The fraction of sp³-hybridized carbons (Fsp3) is 0.368. The zero-order chi connectivity index (χ0) is 16.9. The smallest absolute Gasteiger partial charge is 0.164 e. The third-order valence-electron chi connectivity index (χ3n) is 4.24. The van der Waals surface area contributed by atoms with Crippen LogP contribution in [0.3, 0.4) is 0 Å². The van der Waals surface area contributed by atoms with E-state index in [1.165, 1.54) is 0 Å². The Balaban J connectivity index is 1.68. The quantitative estimate of drug-likeness (QED) is 0.883. The van der Waals surface area contributed by atoms with E-state index in [1.807, 2.05) is 30.3 Å². The molecular formula is C19H23NO4. The molecule has 24 heavy (non-hydrogen) atoms. The van der Waals surface area contributed by atoms with Crippen LogP contribution in [0.2, 0.25) is 0 Å². The molecule has 0 unspecified atom stereocenters. The van der Waals surface area contributed by atoms with Crippen LogP contribution in [0, 0.1) is 0 Å². The molecule has 0 aromatic heterocycles. The van der Waals surface area contributed by atoms with Crippen molar-refractivity contribution in [2.75, 3.05) is 27.9 Å². The molecule has 3 rings (SSSR count). The van der Waals surface area contributed by atoms with E-state index in [2.05, 4.69) is 11.4 Å². The van der Waals surface area contributed by atoms with Crippen LogP contribution in [0.25, 0.3) is 0 Å². The second kappa shape index (κ2) is 7.45. The Morgan fingerprint density at radius 1 is 1.04 bits per heavy atom. The summed E-state index contributed by atoms with van der Waals surface area (Å²) in [4.78, 5) is 0. The van der Waals surface area contributed by atoms with E-state index in [4.69, 9.17) is 18.9 Å². The van der Waals surface area contributed by atoms with E-state index in [-0.39, 0.29) is 6.04 Å². The summed E-state index contributed by atoms with van der Waals surface area (Å²) in [5, 5.41) is 3.54. The Hall–Kier alpha value is -2.40. The lowest BCUT2D eigenvalue weighted by Crippen LogP contribution is -2.39. The first kappa shape index (κ1) is 16.5. The first-order valence-corrected chi connectivity index (χ1v) is 7.98. The number of benzene rings is 2. The number of rotatable bonds is 6. The minimum atomic E-state index is 0.237. The zero-order valence-electron chi connectivity index (χ0n) is 14.3. The summed E-state index contributed by atoms with van der Waals surface area (Å²) in [7, 11) is 5.01. The average molecular weight is 329 g/mol. The lowest BCUT2D eigenvalue weighted by molar-refractivity contribution is 0.226. The number of fused-ring (bicyclic) bond motifs is 1. The van der Waals surface area contributed by atoms with E-state index >= 15 is 0 Å². The number of ether oxygens (including phenoxy) is 4. The summed E-state index contributed by atoms with van der Waals surface area (Å²) < 4.78 is 22.0. The molecule has 0 amide bonds. The largest absolute Gasteiger partial charge is 0.497 e. The van der Waals surface area contributed by atoms with Crippen LogP contribution in [0.15, 0.2) is 36.4 Å². The van der Waals surface area contributed by atoms with Crippen LogP contribution in [-0.2, 0) is 13.0 Å². The highest BCUT2D eigenvalue weighted by Gasteiger charge is 2.22. The molecule has 0 bridgehead atoms. The number of hydrogen-bond donors (Lipinski definition) is 1. The molecule has 128 valence electrons. The molecule has 2 aromatic rings. The highest BCUT2D eigenvalue weighted by Crippen LogP contribution is 2.34. The predicted octanol–water partition coefficient (Wildman–Crippen LogP) is 2.81. The lowest BCUT2D eigenvalue weighted by Gasteiger charge is -2.27. The van der Waals surface area contributed by atoms with Crippen molar-refractivity contribution in [2.45, 2.75) is 19.0 Å². The maximum absolute atomic E-state index is 5.90. The first-order valence-electron chi connectivity index (χ1n) is 7.98. The van der Waals surface area contributed by atoms with E-state index < -0.39 is 0 Å². The highest BCUT2D eigenvalue weighted by atomic mass is 16.5. The summed E-state index contributed by atoms with van der Waals surface area (Å²) in [5.74, 6) is 3.32. The number of nitrogens with one attached hydrogen (secondary N) is 1. The van der Waals surface area contributed by atoms with Crippen molar-refractivity contribution in [2.24, 2.45) is 0 Å². The van der Waals surface area contributed by atoms with Gasteiger partial charge >= 0.3 is 0 Å². The fourth-order valence-corrected chi connectivity index (χ4v) is 2.96. The minimum Gasteiger partial charge on any atom is -0.497 e. The Labute approximate surface area is 142 Å². The molecule has 1 aliphatic rings. The van der Waals surface area contributed by atoms with Crippen molar-refractivity contribution >= 4 is 0 Å². The number of hydrogen-bond acceptors (Lipinski definition) is 5. The summed E-state index contributed by atoms with van der Waals surface area (Å²) in [6, 6.07) is 12.1. The Bertz CT molecular complexity index is 702. The monoisotopic (exact) mass is 329 g/mol. The molecule has 1 aliphatic heterocycles. The van der Waals surface area contributed by atoms with Gasteiger partial charge in [0.1, 0.15) is 18.1 Å². The van der Waals surface area contributed by atoms with Crippen LogP contribution in [0.5, 0.6) is 23.0 Å². The van der Waals surface area contributed by atoms with Gasteiger partial charge in [-0.25, -0.2) is 0 Å². The maximum Gasteiger partial charge on any atom is 0.164 e. The normalized spacial score (nSPS) is 16.0. The Kier molecular flexibility index (Phi) is 5.11. The van der Waals surface area contributed by atoms with Crippen LogP contribution < -0.4 is 24.3 Å². The predicted molar refractivity (Wildman–Crippen MR) is 92.4 cm³/mol. The van der Waals surface area contributed by atoms with Crippen molar-refractivity contribution in [1.82, 2.24) is 5.32 Å². The van der Waals surface area contributed by atoms with Gasteiger partial charge in [-0.05, 0) is 36.2 Å². The van der Waals surface area contributed by atoms with Gasteiger partial charge in [-0.3, -0.25) is 0 Å². The minimum absolute atomic E-state index is 0.237. The third-order valence-corrected chi connectivity index (χ3v) is 4.24. The molecule has 5 heteroatoms. The van der Waals surface area contributed by atoms with Crippen molar-refractivity contribution < 1.29 is 18.9 Å². The van der Waals surface area contributed by atoms with Crippen molar-refractivity contribution in [3.05, 3.63) is 47.5 Å². The van der Waals surface area contributed by atoms with Crippen LogP contribution in [0.4, 0.5) is 0 Å². The molecule has 0 saturated carbocycles. The van der Waals surface area contributed by atoms with Crippen LogP contribution >= 0.6 is 0 Å². The van der Waals surface area contributed by atoms with Gasteiger partial charge in [-0.15, -0.1) is 0 Å². The van der Waals surface area contributed by atoms with Crippen molar-refractivity contribution in [3.63, 3.8) is 0 Å². The summed E-state index contributed by atoms with van der Waals surface area (Å²) >= 11 is 0. The standard InChI is InChI=1S/C19H23NO4/c1-21-16-7-8-17(22-2)14(10-16)11-20-15-9-13-5-4-6-18(23-3)19(13)24-12-15/h4-8,10,15,20H,9,11-12H2,1-3H3/t15-/m1/s1. The Morgan fingerprint density at radius 2 is 1.88 bits per heavy atom. The molecule has 1 heterocycles. The topological polar surface area (TPSA) is 49.0 Å². The summed E-state index contributed by atoms with van der Waals surface area (Å²) in [5.41, 5.74) is 2.23. The molecule has 0 fully saturated rings. The van der Waals surface area contributed by atoms with Crippen LogP contribution in [-0.4, -0.2) is 34.0 Å². The van der Waals surface area contributed by atoms with E-state index in [0.29, 0.717) is 13.2 Å². The molecule has 1 N–H and O–H groups in total. The zero-order valence-corrected chi connectivity index (χ0v) is 14.3. The fourth-order valence-electron chi connectivity index (χ4n) is 2.96. The van der Waals surface area contributed by atoms with Gasteiger partial charge in [0.2, 0.25) is 0 Å². The number of methoxy groups -OCH3 is 3. The Morgan fingerprint density at radius 3 is 2.62 bits per heavy atom. The van der Waals surface area contributed by atoms with Crippen molar-refractivity contribution in [1.29, 1.82) is 0 Å². The van der Waals surface area contributed by atoms with Gasteiger partial charge in [0.25, 0.3) is 0 Å². The third kappa shape index (κ3) is 3.41. The first-order chi connectivity index (χ1) is 11.7. The van der Waals surface area contributed by atoms with Gasteiger partial charge in [-0.1, -0.05) is 12.1 Å². The molecule has 2 aromatic carbocycles. The summed E-state index contributed by atoms with van der Waals surface area (Å²) in [6.07, 6.45) is 0.902. The van der Waals surface area contributed by atoms with E-state index in [9.17, 15) is 0 Å². The second-order valence-corrected chi connectivity index (χ2v) is 5.72. The molecule has 5 nitrogen and oxygen atoms in total. The van der Waals surface area contributed by atoms with Gasteiger partial charge in [-0.2, -0.15) is 0 Å². The van der Waals surface area contributed by atoms with E-state index in [0.717, 1.165) is 40.5 Å². The maximum atomic E-state index is 5.90. The van der Waals surface area contributed by atoms with Gasteiger partial charge in [0.05, 0.1) is 21.3 Å². The summed E-state index contributed by atoms with van der Waals surface area (Å²) in [6.45, 7) is 1.30. The van der Waals surface area contributed by atoms with Crippen molar-refractivity contribution in [3.8, 4) is 23.0 Å². The van der Waals surface area contributed by atoms with Crippen LogP contribution in [0.1, 0.15) is 11.1 Å². The second-order valence-electron chi connectivity index (χ2n) is 5.72. The molecule has 0 saturated heterocycles. The van der Waals surface area contributed by atoms with E-state index in [1.54, 1.807) is 21.3 Å². The van der Waals surface area contributed by atoms with Gasteiger partial charge < -0.3 is 24.3 Å². The highest BCUT2D eigenvalue weighted by molar-refractivity contribution is 5.48. The number of para-hydroxylation sites is 1. The molecule has 1 atom stereocenters. The lowest BCUT2D eigenvalue weighted by atomic mass is 10.0. The molecule has 0 spiro atoms. The molecule has 0 radical (unpaired) electrons. The SMILES string of the molecule is COc1ccc(OC)c(CN[C@H]2COc3c(cccc3OC)C2)c1. The average Bonchev–Trinajstić information content (AvgIpc) is 2.65. The molecular weight excluding hydrogens is 306 g/mol.